The van der Waals surface area contributed by atoms with Gasteiger partial charge in [-0.3, -0.25) is 9.10 Å². The largest absolute Gasteiger partial charge is 0.416 e. The van der Waals surface area contributed by atoms with Crippen molar-refractivity contribution in [3.8, 4) is 0 Å². The van der Waals surface area contributed by atoms with Crippen molar-refractivity contribution in [3.05, 3.63) is 59.0 Å². The lowest BCUT2D eigenvalue weighted by molar-refractivity contribution is -0.137. The number of anilines is 2. The Bertz CT molecular complexity index is 1140. The van der Waals surface area contributed by atoms with Crippen molar-refractivity contribution in [1.82, 2.24) is 0 Å². The van der Waals surface area contributed by atoms with Gasteiger partial charge in [0.15, 0.2) is 0 Å². The number of halogens is 3. The molecule has 10 heteroatoms. The molecule has 0 unspecified atom stereocenters. The molecule has 2 aromatic carbocycles. The van der Waals surface area contributed by atoms with Crippen molar-refractivity contribution in [2.75, 3.05) is 22.9 Å². The molecule has 0 fully saturated rings. The van der Waals surface area contributed by atoms with Crippen molar-refractivity contribution in [1.29, 1.82) is 0 Å². The number of nitrogens with zero attached hydrogens (tertiary/aromatic N) is 1. The van der Waals surface area contributed by atoms with Gasteiger partial charge in [0.25, 0.3) is 5.91 Å². The maximum atomic E-state index is 12.6. The second-order valence-corrected chi connectivity index (χ2v) is 9.19. The Labute approximate surface area is 163 Å². The van der Waals surface area contributed by atoms with Gasteiger partial charge >= 0.3 is 6.18 Å². The van der Waals surface area contributed by atoms with Gasteiger partial charge in [-0.1, -0.05) is 0 Å². The molecule has 0 spiro atoms. The molecule has 3 aromatic rings. The maximum absolute atomic E-state index is 12.6. The van der Waals surface area contributed by atoms with Crippen LogP contribution in [0.1, 0.15) is 15.2 Å². The molecule has 1 aromatic heterocycles. The number of fused-ring (bicyclic) bond motifs is 1. The van der Waals surface area contributed by atoms with Gasteiger partial charge in [0.2, 0.25) is 10.0 Å². The molecule has 5 nitrogen and oxygen atoms in total. The lowest BCUT2D eigenvalue weighted by Gasteiger charge is -2.16. The first-order valence-electron chi connectivity index (χ1n) is 7.91. The molecule has 0 saturated carbocycles. The zero-order valence-electron chi connectivity index (χ0n) is 14.7. The normalized spacial score (nSPS) is 12.2. The minimum absolute atomic E-state index is 0.243. The first-order valence-corrected chi connectivity index (χ1v) is 10.6. The fraction of sp³-hybridized carbons (Fsp3) is 0.167. The maximum Gasteiger partial charge on any atom is 0.416 e. The summed E-state index contributed by atoms with van der Waals surface area (Å²) in [6.45, 7) is 0. The van der Waals surface area contributed by atoms with Crippen LogP contribution in [0.25, 0.3) is 10.1 Å². The summed E-state index contributed by atoms with van der Waals surface area (Å²) in [4.78, 5) is 12.8. The van der Waals surface area contributed by atoms with Gasteiger partial charge in [-0.15, -0.1) is 11.3 Å². The van der Waals surface area contributed by atoms with Crippen LogP contribution in [0.15, 0.2) is 48.5 Å². The van der Waals surface area contributed by atoms with Gasteiger partial charge < -0.3 is 5.32 Å². The van der Waals surface area contributed by atoms with E-state index in [-0.39, 0.29) is 5.69 Å². The molecule has 0 bridgehead atoms. The number of amides is 1. The van der Waals surface area contributed by atoms with E-state index in [1.54, 1.807) is 24.3 Å². The molecule has 0 aliphatic rings. The Morgan fingerprint density at radius 3 is 2.29 bits per heavy atom. The van der Waals surface area contributed by atoms with Crippen LogP contribution in [0.2, 0.25) is 0 Å². The smallest absolute Gasteiger partial charge is 0.321 e. The van der Waals surface area contributed by atoms with Crippen LogP contribution in [0.3, 0.4) is 0 Å². The Morgan fingerprint density at radius 1 is 1.07 bits per heavy atom. The molecule has 0 aliphatic carbocycles. The highest BCUT2D eigenvalue weighted by Gasteiger charge is 2.30. The number of sulfonamides is 1. The fourth-order valence-corrected chi connectivity index (χ4v) is 3.90. The van der Waals surface area contributed by atoms with Crippen LogP contribution in [0.4, 0.5) is 24.5 Å². The van der Waals surface area contributed by atoms with Crippen LogP contribution in [0.5, 0.6) is 0 Å². The Balaban J connectivity index is 1.82. The zero-order valence-corrected chi connectivity index (χ0v) is 16.4. The van der Waals surface area contributed by atoms with E-state index in [1.165, 1.54) is 30.5 Å². The van der Waals surface area contributed by atoms with Crippen molar-refractivity contribution in [2.24, 2.45) is 0 Å². The summed E-state index contributed by atoms with van der Waals surface area (Å²) < 4.78 is 63.0. The Hall–Kier alpha value is -2.59. The number of hydrogen-bond acceptors (Lipinski definition) is 4. The summed E-state index contributed by atoms with van der Waals surface area (Å²) >= 11 is 1.20. The topological polar surface area (TPSA) is 66.5 Å². The van der Waals surface area contributed by atoms with E-state index in [9.17, 15) is 26.4 Å². The van der Waals surface area contributed by atoms with Crippen molar-refractivity contribution in [2.45, 2.75) is 6.18 Å². The van der Waals surface area contributed by atoms with Gasteiger partial charge in [0, 0.05) is 17.4 Å². The summed E-state index contributed by atoms with van der Waals surface area (Å²) in [5, 5.41) is 3.25. The van der Waals surface area contributed by atoms with E-state index in [0.29, 0.717) is 16.0 Å². The third-order valence-corrected chi connectivity index (χ3v) is 6.38. The fourth-order valence-electron chi connectivity index (χ4n) is 2.47. The van der Waals surface area contributed by atoms with E-state index < -0.39 is 27.7 Å². The lowest BCUT2D eigenvalue weighted by atomic mass is 10.2. The van der Waals surface area contributed by atoms with Crippen molar-refractivity contribution >= 4 is 48.7 Å². The van der Waals surface area contributed by atoms with Crippen LogP contribution >= 0.6 is 11.3 Å². The first-order chi connectivity index (χ1) is 12.9. The van der Waals surface area contributed by atoms with Gasteiger partial charge in [-0.25, -0.2) is 8.42 Å². The Kier molecular flexibility index (Phi) is 5.11. The number of alkyl halides is 3. The molecular weight excluding hydrogens is 413 g/mol. The summed E-state index contributed by atoms with van der Waals surface area (Å²) in [5.41, 5.74) is -0.0923. The molecule has 1 heterocycles. The van der Waals surface area contributed by atoms with Gasteiger partial charge in [0.05, 0.1) is 22.4 Å². The second kappa shape index (κ2) is 7.10. The van der Waals surface area contributed by atoms with Crippen LogP contribution in [0, 0.1) is 0 Å². The standard InChI is InChI=1S/C18H15F3N2O3S2/c1-23(28(2,25)26)14-7-8-15-11(9-14)10-16(27-15)17(24)22-13-5-3-12(4-6-13)18(19,20)21/h3-10H,1-2H3,(H,22,24). The summed E-state index contributed by atoms with van der Waals surface area (Å²) in [6, 6.07) is 10.8. The van der Waals surface area contributed by atoms with E-state index in [4.69, 9.17) is 0 Å². The minimum Gasteiger partial charge on any atom is -0.321 e. The second-order valence-electron chi connectivity index (χ2n) is 6.09. The molecule has 0 aliphatic heterocycles. The van der Waals surface area contributed by atoms with Crippen LogP contribution < -0.4 is 9.62 Å². The average molecular weight is 428 g/mol. The number of carbonyl (C=O) groups excluding carboxylic acids is 1. The summed E-state index contributed by atoms with van der Waals surface area (Å²) in [7, 11) is -1.98. The molecule has 1 amide bonds. The number of rotatable bonds is 4. The summed E-state index contributed by atoms with van der Waals surface area (Å²) in [6.07, 6.45) is -3.35. The van der Waals surface area contributed by atoms with Crippen molar-refractivity contribution < 1.29 is 26.4 Å². The van der Waals surface area contributed by atoms with E-state index in [0.717, 1.165) is 27.4 Å². The monoisotopic (exact) mass is 428 g/mol. The predicted molar refractivity (Wildman–Crippen MR) is 104 cm³/mol. The highest BCUT2D eigenvalue weighted by atomic mass is 32.2. The zero-order chi connectivity index (χ0) is 20.7. The molecule has 3 rings (SSSR count). The molecule has 148 valence electrons. The first kappa shape index (κ1) is 20.2. The molecule has 1 N–H and O–H groups in total. The molecular formula is C18H15F3N2O3S2. The Morgan fingerprint density at radius 2 is 1.71 bits per heavy atom. The molecule has 0 radical (unpaired) electrons. The highest BCUT2D eigenvalue weighted by Crippen LogP contribution is 2.32. The average Bonchev–Trinajstić information content (AvgIpc) is 3.03. The van der Waals surface area contributed by atoms with Gasteiger partial charge in [0.1, 0.15) is 0 Å². The van der Waals surface area contributed by atoms with Crippen LogP contribution in [-0.2, 0) is 16.2 Å². The number of thiophene rings is 1. The molecule has 0 atom stereocenters. The third-order valence-electron chi connectivity index (χ3n) is 4.05. The van der Waals surface area contributed by atoms with Gasteiger partial charge in [-0.2, -0.15) is 13.2 Å². The quantitative estimate of drug-likeness (QED) is 0.662. The molecule has 0 saturated heterocycles. The minimum atomic E-state index is -4.44. The SMILES string of the molecule is CN(c1ccc2sc(C(=O)Nc3ccc(C(F)(F)F)cc3)cc2c1)S(C)(=O)=O. The van der Waals surface area contributed by atoms with Crippen molar-refractivity contribution in [3.63, 3.8) is 0 Å². The number of carbonyl (C=O) groups is 1. The third kappa shape index (κ3) is 4.28. The van der Waals surface area contributed by atoms with E-state index >= 15 is 0 Å². The van der Waals surface area contributed by atoms with E-state index in [2.05, 4.69) is 5.32 Å². The number of benzene rings is 2. The van der Waals surface area contributed by atoms with Gasteiger partial charge in [-0.05, 0) is 53.9 Å². The van der Waals surface area contributed by atoms with Crippen LogP contribution in [-0.4, -0.2) is 27.6 Å². The predicted octanol–water partition coefficient (Wildman–Crippen LogP) is 4.57. The highest BCUT2D eigenvalue weighted by molar-refractivity contribution is 7.92. The summed E-state index contributed by atoms with van der Waals surface area (Å²) in [5.74, 6) is -0.459. The lowest BCUT2D eigenvalue weighted by Crippen LogP contribution is -2.24. The number of hydrogen-bond donors (Lipinski definition) is 1. The number of nitrogens with one attached hydrogen (secondary N) is 1. The molecule has 28 heavy (non-hydrogen) atoms. The van der Waals surface area contributed by atoms with E-state index in [1.807, 2.05) is 0 Å².